The summed E-state index contributed by atoms with van der Waals surface area (Å²) in [5.74, 6) is -0.272. The van der Waals surface area contributed by atoms with Gasteiger partial charge in [0.05, 0.1) is 5.69 Å². The standard InChI is InChI=1S/C14H11NO3/c1-15-10(6-7-11(15)14(16)17)13-8-9-4-2-3-5-12(9)18-13/h2-8H,1H3,(H,16,17). The molecule has 3 aromatic rings. The molecule has 2 aromatic heterocycles. The first-order valence-electron chi connectivity index (χ1n) is 5.55. The third-order valence-electron chi connectivity index (χ3n) is 3.02. The molecule has 0 aliphatic rings. The molecule has 0 saturated heterocycles. The molecule has 2 heterocycles. The largest absolute Gasteiger partial charge is 0.477 e. The Labute approximate surface area is 103 Å². The second-order valence-electron chi connectivity index (χ2n) is 4.12. The number of carboxylic acids is 1. The quantitative estimate of drug-likeness (QED) is 0.749. The molecule has 18 heavy (non-hydrogen) atoms. The number of furan rings is 1. The van der Waals surface area contributed by atoms with Crippen LogP contribution in [0.3, 0.4) is 0 Å². The molecule has 1 N–H and O–H groups in total. The lowest BCUT2D eigenvalue weighted by Gasteiger charge is -2.01. The Morgan fingerprint density at radius 1 is 1.22 bits per heavy atom. The van der Waals surface area contributed by atoms with Crippen molar-refractivity contribution in [1.82, 2.24) is 4.57 Å². The Bertz CT molecular complexity index is 703. The van der Waals surface area contributed by atoms with Gasteiger partial charge >= 0.3 is 5.97 Å². The normalized spacial score (nSPS) is 10.9. The van der Waals surface area contributed by atoms with Crippen LogP contribution in [0.15, 0.2) is 46.9 Å². The summed E-state index contributed by atoms with van der Waals surface area (Å²) in [7, 11) is 1.71. The van der Waals surface area contributed by atoms with Crippen LogP contribution in [0.25, 0.3) is 22.4 Å². The van der Waals surface area contributed by atoms with E-state index in [0.717, 1.165) is 16.7 Å². The number of aromatic nitrogens is 1. The summed E-state index contributed by atoms with van der Waals surface area (Å²) in [6, 6.07) is 12.9. The van der Waals surface area contributed by atoms with E-state index in [0.29, 0.717) is 5.76 Å². The van der Waals surface area contributed by atoms with Crippen LogP contribution in [-0.2, 0) is 7.05 Å². The van der Waals surface area contributed by atoms with Gasteiger partial charge < -0.3 is 14.1 Å². The third-order valence-corrected chi connectivity index (χ3v) is 3.02. The molecule has 0 unspecified atom stereocenters. The summed E-state index contributed by atoms with van der Waals surface area (Å²) in [5.41, 5.74) is 1.79. The summed E-state index contributed by atoms with van der Waals surface area (Å²) in [6.45, 7) is 0. The van der Waals surface area contributed by atoms with Gasteiger partial charge in [-0.25, -0.2) is 4.79 Å². The second-order valence-corrected chi connectivity index (χ2v) is 4.12. The smallest absolute Gasteiger partial charge is 0.352 e. The zero-order chi connectivity index (χ0) is 12.7. The number of carboxylic acid groups (broad SMARTS) is 1. The van der Waals surface area contributed by atoms with Crippen LogP contribution >= 0.6 is 0 Å². The molecule has 0 aliphatic heterocycles. The molecule has 0 saturated carbocycles. The maximum atomic E-state index is 11.0. The van der Waals surface area contributed by atoms with E-state index in [1.54, 1.807) is 23.7 Å². The van der Waals surface area contributed by atoms with E-state index < -0.39 is 5.97 Å². The number of aromatic carboxylic acids is 1. The van der Waals surface area contributed by atoms with Gasteiger partial charge in [-0.05, 0) is 24.3 Å². The van der Waals surface area contributed by atoms with E-state index in [-0.39, 0.29) is 5.69 Å². The molecule has 0 radical (unpaired) electrons. The summed E-state index contributed by atoms with van der Waals surface area (Å²) >= 11 is 0. The van der Waals surface area contributed by atoms with Gasteiger partial charge in [-0.2, -0.15) is 0 Å². The maximum Gasteiger partial charge on any atom is 0.352 e. The number of para-hydroxylation sites is 1. The van der Waals surface area contributed by atoms with Crippen LogP contribution < -0.4 is 0 Å². The van der Waals surface area contributed by atoms with Crippen LogP contribution in [0.2, 0.25) is 0 Å². The Balaban J connectivity index is 2.17. The number of nitrogens with zero attached hydrogens (tertiary/aromatic N) is 1. The van der Waals surface area contributed by atoms with Crippen molar-refractivity contribution in [3.8, 4) is 11.5 Å². The lowest BCUT2D eigenvalue weighted by Crippen LogP contribution is -2.04. The van der Waals surface area contributed by atoms with E-state index in [4.69, 9.17) is 9.52 Å². The van der Waals surface area contributed by atoms with Gasteiger partial charge in [0.15, 0.2) is 5.76 Å². The molecule has 0 bridgehead atoms. The average Bonchev–Trinajstić information content (AvgIpc) is 2.91. The van der Waals surface area contributed by atoms with Gasteiger partial charge in [-0.3, -0.25) is 0 Å². The minimum Gasteiger partial charge on any atom is -0.477 e. The van der Waals surface area contributed by atoms with Crippen molar-refractivity contribution < 1.29 is 14.3 Å². The molecule has 1 aromatic carbocycles. The van der Waals surface area contributed by atoms with Crippen molar-refractivity contribution in [1.29, 1.82) is 0 Å². The van der Waals surface area contributed by atoms with Gasteiger partial charge in [0, 0.05) is 12.4 Å². The fourth-order valence-corrected chi connectivity index (χ4v) is 2.08. The number of hydrogen-bond donors (Lipinski definition) is 1. The predicted molar refractivity (Wildman–Crippen MR) is 67.6 cm³/mol. The monoisotopic (exact) mass is 241 g/mol. The molecule has 3 rings (SSSR count). The highest BCUT2D eigenvalue weighted by atomic mass is 16.4. The molecule has 4 nitrogen and oxygen atoms in total. The highest BCUT2D eigenvalue weighted by Gasteiger charge is 2.14. The molecular formula is C14H11NO3. The van der Waals surface area contributed by atoms with E-state index in [2.05, 4.69) is 0 Å². The first-order chi connectivity index (χ1) is 8.66. The number of carbonyl (C=O) groups is 1. The SMILES string of the molecule is Cn1c(C(=O)O)ccc1-c1cc2ccccc2o1. The molecular weight excluding hydrogens is 230 g/mol. The van der Waals surface area contributed by atoms with Crippen molar-refractivity contribution in [2.24, 2.45) is 7.05 Å². The van der Waals surface area contributed by atoms with E-state index in [9.17, 15) is 4.79 Å². The summed E-state index contributed by atoms with van der Waals surface area (Å²) in [4.78, 5) is 11.0. The molecule has 0 aliphatic carbocycles. The first-order valence-corrected chi connectivity index (χ1v) is 5.55. The Morgan fingerprint density at radius 3 is 2.67 bits per heavy atom. The highest BCUT2D eigenvalue weighted by Crippen LogP contribution is 2.28. The summed E-state index contributed by atoms with van der Waals surface area (Å²) in [6.07, 6.45) is 0. The zero-order valence-electron chi connectivity index (χ0n) is 9.75. The Kier molecular flexibility index (Phi) is 2.23. The minimum atomic E-state index is -0.945. The third kappa shape index (κ3) is 1.50. The summed E-state index contributed by atoms with van der Waals surface area (Å²) in [5, 5.41) is 10.0. The zero-order valence-corrected chi connectivity index (χ0v) is 9.75. The molecule has 0 spiro atoms. The summed E-state index contributed by atoms with van der Waals surface area (Å²) < 4.78 is 7.33. The molecule has 0 amide bonds. The number of rotatable bonds is 2. The van der Waals surface area contributed by atoms with Crippen LogP contribution in [0.4, 0.5) is 0 Å². The van der Waals surface area contributed by atoms with E-state index in [1.807, 2.05) is 30.3 Å². The van der Waals surface area contributed by atoms with Gasteiger partial charge in [0.1, 0.15) is 11.3 Å². The van der Waals surface area contributed by atoms with Gasteiger partial charge in [0.25, 0.3) is 0 Å². The van der Waals surface area contributed by atoms with Gasteiger partial charge in [0.2, 0.25) is 0 Å². The Morgan fingerprint density at radius 2 is 2.00 bits per heavy atom. The van der Waals surface area contributed by atoms with Crippen molar-refractivity contribution in [3.05, 3.63) is 48.2 Å². The first kappa shape index (κ1) is 10.7. The van der Waals surface area contributed by atoms with Gasteiger partial charge in [-0.15, -0.1) is 0 Å². The van der Waals surface area contributed by atoms with Crippen LogP contribution in [0.1, 0.15) is 10.5 Å². The Hall–Kier alpha value is -2.49. The van der Waals surface area contributed by atoms with Gasteiger partial charge in [-0.1, -0.05) is 18.2 Å². The lowest BCUT2D eigenvalue weighted by atomic mass is 10.2. The van der Waals surface area contributed by atoms with Crippen LogP contribution in [0, 0.1) is 0 Å². The second kappa shape index (κ2) is 3.77. The number of fused-ring (bicyclic) bond motifs is 1. The fraction of sp³-hybridized carbons (Fsp3) is 0.0714. The van der Waals surface area contributed by atoms with Crippen molar-refractivity contribution in [2.45, 2.75) is 0 Å². The van der Waals surface area contributed by atoms with Crippen molar-refractivity contribution >= 4 is 16.9 Å². The predicted octanol–water partition coefficient (Wildman–Crippen LogP) is 3.14. The van der Waals surface area contributed by atoms with Crippen molar-refractivity contribution in [2.75, 3.05) is 0 Å². The average molecular weight is 241 g/mol. The minimum absolute atomic E-state index is 0.241. The number of benzene rings is 1. The van der Waals surface area contributed by atoms with E-state index in [1.165, 1.54) is 0 Å². The topological polar surface area (TPSA) is 55.4 Å². The molecule has 4 heteroatoms. The molecule has 0 atom stereocenters. The van der Waals surface area contributed by atoms with Crippen LogP contribution in [-0.4, -0.2) is 15.6 Å². The lowest BCUT2D eigenvalue weighted by molar-refractivity contribution is 0.0687. The fourth-order valence-electron chi connectivity index (χ4n) is 2.08. The molecule has 0 fully saturated rings. The maximum absolute atomic E-state index is 11.0. The molecule has 90 valence electrons. The van der Waals surface area contributed by atoms with E-state index >= 15 is 0 Å². The highest BCUT2D eigenvalue weighted by molar-refractivity contribution is 5.88. The van der Waals surface area contributed by atoms with Crippen LogP contribution in [0.5, 0.6) is 0 Å². The number of hydrogen-bond acceptors (Lipinski definition) is 2. The van der Waals surface area contributed by atoms with Crippen molar-refractivity contribution in [3.63, 3.8) is 0 Å².